The van der Waals surface area contributed by atoms with Crippen LogP contribution in [0.5, 0.6) is 0 Å². The normalized spacial score (nSPS) is 14.3. The average molecular weight is 310 g/mol. The minimum absolute atomic E-state index is 0.102. The van der Waals surface area contributed by atoms with Gasteiger partial charge in [0.25, 0.3) is 10.0 Å². The standard InChI is InChI=1S/C9H16BrN3O2S/c1-4-13-6-9(11-7-13)16(14,15)12(3)5-8(2)10/h6-8H,4-5H2,1-3H3. The predicted octanol–water partition coefficient (Wildman–Crippen LogP) is 1.31. The van der Waals surface area contributed by atoms with Gasteiger partial charge in [-0.25, -0.2) is 13.4 Å². The molecule has 0 radical (unpaired) electrons. The van der Waals surface area contributed by atoms with E-state index in [1.165, 1.54) is 10.6 Å². The second-order valence-electron chi connectivity index (χ2n) is 3.61. The Morgan fingerprint density at radius 2 is 2.25 bits per heavy atom. The molecule has 92 valence electrons. The van der Waals surface area contributed by atoms with Crippen molar-refractivity contribution < 1.29 is 8.42 Å². The average Bonchev–Trinajstić information content (AvgIpc) is 2.65. The molecule has 0 amide bonds. The maximum absolute atomic E-state index is 12.0. The molecule has 7 heteroatoms. The van der Waals surface area contributed by atoms with E-state index in [1.807, 2.05) is 13.8 Å². The third kappa shape index (κ3) is 3.05. The molecule has 0 aliphatic rings. The Kier molecular flexibility index (Phi) is 4.52. The number of halogens is 1. The highest BCUT2D eigenvalue weighted by molar-refractivity contribution is 9.09. The molecule has 0 saturated carbocycles. The van der Waals surface area contributed by atoms with Gasteiger partial charge < -0.3 is 4.57 Å². The predicted molar refractivity (Wildman–Crippen MR) is 66.1 cm³/mol. The van der Waals surface area contributed by atoms with Crippen molar-refractivity contribution in [3.05, 3.63) is 12.5 Å². The lowest BCUT2D eigenvalue weighted by atomic mass is 10.5. The molecule has 0 aliphatic heterocycles. The summed E-state index contributed by atoms with van der Waals surface area (Å²) in [7, 11) is -1.90. The number of hydrogen-bond donors (Lipinski definition) is 0. The van der Waals surface area contributed by atoms with Crippen molar-refractivity contribution in [1.29, 1.82) is 0 Å². The molecule has 0 saturated heterocycles. The van der Waals surface area contributed by atoms with Crippen LogP contribution in [0.2, 0.25) is 0 Å². The van der Waals surface area contributed by atoms with E-state index in [-0.39, 0.29) is 9.85 Å². The summed E-state index contributed by atoms with van der Waals surface area (Å²) >= 11 is 3.33. The lowest BCUT2D eigenvalue weighted by Crippen LogP contribution is -2.31. The molecule has 1 aromatic heterocycles. The monoisotopic (exact) mass is 309 g/mol. The Morgan fingerprint density at radius 1 is 1.62 bits per heavy atom. The molecular weight excluding hydrogens is 294 g/mol. The number of hydrogen-bond acceptors (Lipinski definition) is 3. The maximum Gasteiger partial charge on any atom is 0.261 e. The molecule has 1 unspecified atom stereocenters. The third-order valence-corrected chi connectivity index (χ3v) is 4.16. The van der Waals surface area contributed by atoms with Crippen LogP contribution in [0.15, 0.2) is 17.6 Å². The minimum Gasteiger partial charge on any atom is -0.336 e. The highest BCUT2D eigenvalue weighted by Gasteiger charge is 2.23. The molecular formula is C9H16BrN3O2S. The largest absolute Gasteiger partial charge is 0.336 e. The van der Waals surface area contributed by atoms with Crippen molar-refractivity contribution in [3.8, 4) is 0 Å². The van der Waals surface area contributed by atoms with Gasteiger partial charge in [-0.05, 0) is 6.92 Å². The fraction of sp³-hybridized carbons (Fsp3) is 0.667. The molecule has 0 spiro atoms. The van der Waals surface area contributed by atoms with E-state index in [1.54, 1.807) is 17.8 Å². The van der Waals surface area contributed by atoms with Crippen LogP contribution in [0.4, 0.5) is 0 Å². The van der Waals surface area contributed by atoms with Crippen molar-refractivity contribution in [1.82, 2.24) is 13.9 Å². The molecule has 0 bridgehead atoms. The Labute approximate surface area is 105 Å². The zero-order valence-corrected chi connectivity index (χ0v) is 12.0. The summed E-state index contributed by atoms with van der Waals surface area (Å²) in [5.41, 5.74) is 0. The van der Waals surface area contributed by atoms with Crippen molar-refractivity contribution in [2.45, 2.75) is 30.2 Å². The molecule has 1 aromatic rings. The Balaban J connectivity index is 2.92. The number of imidazole rings is 1. The Hall–Kier alpha value is -0.400. The van der Waals surface area contributed by atoms with Crippen LogP contribution >= 0.6 is 15.9 Å². The smallest absolute Gasteiger partial charge is 0.261 e. The Bertz CT molecular complexity index is 441. The third-order valence-electron chi connectivity index (χ3n) is 2.16. The van der Waals surface area contributed by atoms with E-state index in [2.05, 4.69) is 20.9 Å². The van der Waals surface area contributed by atoms with Gasteiger partial charge in [0.05, 0.1) is 6.33 Å². The van der Waals surface area contributed by atoms with Crippen molar-refractivity contribution in [2.75, 3.05) is 13.6 Å². The van der Waals surface area contributed by atoms with Crippen LogP contribution in [0.3, 0.4) is 0 Å². The van der Waals surface area contributed by atoms with Gasteiger partial charge >= 0.3 is 0 Å². The molecule has 5 nitrogen and oxygen atoms in total. The highest BCUT2D eigenvalue weighted by atomic mass is 79.9. The van der Waals surface area contributed by atoms with Gasteiger partial charge in [0.15, 0.2) is 5.03 Å². The SMILES string of the molecule is CCn1cnc(S(=O)(=O)N(C)CC(C)Br)c1. The van der Waals surface area contributed by atoms with Gasteiger partial charge in [-0.1, -0.05) is 22.9 Å². The number of aromatic nitrogens is 2. The van der Waals surface area contributed by atoms with Crippen LogP contribution in [-0.2, 0) is 16.6 Å². The molecule has 1 rings (SSSR count). The number of rotatable bonds is 5. The zero-order chi connectivity index (χ0) is 12.3. The van der Waals surface area contributed by atoms with Crippen molar-refractivity contribution in [2.24, 2.45) is 0 Å². The maximum atomic E-state index is 12.0. The minimum atomic E-state index is -3.45. The molecule has 0 fully saturated rings. The van der Waals surface area contributed by atoms with E-state index in [0.717, 1.165) is 0 Å². The fourth-order valence-electron chi connectivity index (χ4n) is 1.26. The summed E-state index contributed by atoms with van der Waals surface area (Å²) < 4.78 is 27.1. The first-order chi connectivity index (χ1) is 7.37. The number of alkyl halides is 1. The molecule has 1 atom stereocenters. The van der Waals surface area contributed by atoms with Crippen molar-refractivity contribution in [3.63, 3.8) is 0 Å². The Morgan fingerprint density at radius 3 is 2.69 bits per heavy atom. The summed E-state index contributed by atoms with van der Waals surface area (Å²) in [6, 6.07) is 0. The lowest BCUT2D eigenvalue weighted by Gasteiger charge is -2.16. The first-order valence-electron chi connectivity index (χ1n) is 5.00. The fourth-order valence-corrected chi connectivity index (χ4v) is 3.07. The number of nitrogens with zero attached hydrogens (tertiary/aromatic N) is 3. The summed E-state index contributed by atoms with van der Waals surface area (Å²) in [6.45, 7) is 4.96. The molecule has 0 aliphatic carbocycles. The summed E-state index contributed by atoms with van der Waals surface area (Å²) in [5, 5.41) is 0.102. The zero-order valence-electron chi connectivity index (χ0n) is 9.59. The van der Waals surface area contributed by atoms with E-state index >= 15 is 0 Å². The first-order valence-corrected chi connectivity index (χ1v) is 7.35. The topological polar surface area (TPSA) is 55.2 Å². The molecule has 16 heavy (non-hydrogen) atoms. The lowest BCUT2D eigenvalue weighted by molar-refractivity contribution is 0.471. The van der Waals surface area contributed by atoms with Gasteiger partial charge in [0, 0.05) is 31.2 Å². The van der Waals surface area contributed by atoms with E-state index in [9.17, 15) is 8.42 Å². The summed E-state index contributed by atoms with van der Waals surface area (Å²) in [6.07, 6.45) is 3.07. The first kappa shape index (κ1) is 13.7. The summed E-state index contributed by atoms with van der Waals surface area (Å²) in [5.74, 6) is 0. The van der Waals surface area contributed by atoms with Gasteiger partial charge in [-0.2, -0.15) is 4.31 Å². The van der Waals surface area contributed by atoms with Crippen LogP contribution < -0.4 is 0 Å². The van der Waals surface area contributed by atoms with Gasteiger partial charge in [0.1, 0.15) is 0 Å². The van der Waals surface area contributed by atoms with Crippen LogP contribution in [0.25, 0.3) is 0 Å². The van der Waals surface area contributed by atoms with E-state index in [4.69, 9.17) is 0 Å². The highest BCUT2D eigenvalue weighted by Crippen LogP contribution is 2.13. The van der Waals surface area contributed by atoms with Crippen LogP contribution in [-0.4, -0.2) is 40.7 Å². The second-order valence-corrected chi connectivity index (χ2v) is 7.16. The van der Waals surface area contributed by atoms with Gasteiger partial charge in [-0.3, -0.25) is 0 Å². The molecule has 0 N–H and O–H groups in total. The number of sulfonamides is 1. The van der Waals surface area contributed by atoms with E-state index < -0.39 is 10.0 Å². The molecule has 0 aromatic carbocycles. The summed E-state index contributed by atoms with van der Waals surface area (Å²) in [4.78, 5) is 4.02. The number of aryl methyl sites for hydroxylation is 1. The molecule has 1 heterocycles. The van der Waals surface area contributed by atoms with E-state index in [0.29, 0.717) is 13.1 Å². The quantitative estimate of drug-likeness (QED) is 0.771. The van der Waals surface area contributed by atoms with Crippen LogP contribution in [0.1, 0.15) is 13.8 Å². The van der Waals surface area contributed by atoms with Crippen LogP contribution in [0, 0.1) is 0 Å². The van der Waals surface area contributed by atoms with Gasteiger partial charge in [0.2, 0.25) is 0 Å². The van der Waals surface area contributed by atoms with Gasteiger partial charge in [-0.15, -0.1) is 0 Å². The van der Waals surface area contributed by atoms with Crippen molar-refractivity contribution >= 4 is 26.0 Å². The second kappa shape index (κ2) is 5.29.